The van der Waals surface area contributed by atoms with Crippen LogP contribution in [-0.2, 0) is 20.7 Å². The number of carbonyl (C=O) groups excluding carboxylic acids is 3. The first kappa shape index (κ1) is 21.5. The van der Waals surface area contributed by atoms with Gasteiger partial charge in [0.25, 0.3) is 0 Å². The lowest BCUT2D eigenvalue weighted by Gasteiger charge is -2.19. The van der Waals surface area contributed by atoms with Gasteiger partial charge in [0.05, 0.1) is 12.8 Å². The predicted molar refractivity (Wildman–Crippen MR) is 102 cm³/mol. The highest BCUT2D eigenvalue weighted by molar-refractivity contribution is 8.14. The molecule has 0 saturated carbocycles. The number of nitrogens with one attached hydrogen (secondary N) is 1. The summed E-state index contributed by atoms with van der Waals surface area (Å²) < 4.78 is 10.0. The Bertz CT molecular complexity index is 633. The highest BCUT2D eigenvalue weighted by Crippen LogP contribution is 2.31. The number of amides is 1. The second-order valence-electron chi connectivity index (χ2n) is 6.52. The molecule has 0 aliphatic rings. The predicted octanol–water partition coefficient (Wildman–Crippen LogP) is 4.48. The van der Waals surface area contributed by atoms with E-state index in [1.54, 1.807) is 26.8 Å². The molecule has 0 aliphatic heterocycles. The van der Waals surface area contributed by atoms with E-state index in [0.717, 1.165) is 11.3 Å². The summed E-state index contributed by atoms with van der Waals surface area (Å²) in [5, 5.41) is 2.92. The van der Waals surface area contributed by atoms with Crippen molar-refractivity contribution in [3.8, 4) is 0 Å². The molecule has 0 saturated heterocycles. The van der Waals surface area contributed by atoms with Gasteiger partial charge in [-0.15, -0.1) is 11.3 Å². The Kier molecular flexibility index (Phi) is 7.95. The van der Waals surface area contributed by atoms with Crippen LogP contribution in [0.3, 0.4) is 0 Å². The van der Waals surface area contributed by atoms with E-state index in [-0.39, 0.29) is 10.4 Å². The van der Waals surface area contributed by atoms with Gasteiger partial charge in [-0.05, 0) is 39.7 Å². The Morgan fingerprint density at radius 2 is 1.96 bits per heavy atom. The van der Waals surface area contributed by atoms with Crippen molar-refractivity contribution < 1.29 is 23.9 Å². The molecule has 1 heterocycles. The molecular weight excluding hydrogens is 362 g/mol. The van der Waals surface area contributed by atoms with E-state index in [2.05, 4.69) is 5.32 Å². The van der Waals surface area contributed by atoms with Crippen LogP contribution in [0.15, 0.2) is 6.07 Å². The third-order valence-corrected chi connectivity index (χ3v) is 5.12. The summed E-state index contributed by atoms with van der Waals surface area (Å²) in [6.07, 6.45) is 0.803. The molecule has 0 aliphatic carbocycles. The minimum Gasteiger partial charge on any atom is -0.465 e. The number of rotatable bonds is 6. The van der Waals surface area contributed by atoms with Gasteiger partial charge < -0.3 is 9.47 Å². The molecule has 1 amide bonds. The number of esters is 1. The van der Waals surface area contributed by atoms with Crippen molar-refractivity contribution in [1.82, 2.24) is 0 Å². The fourth-order valence-electron chi connectivity index (χ4n) is 2.01. The van der Waals surface area contributed by atoms with Gasteiger partial charge >= 0.3 is 12.1 Å². The molecule has 1 rings (SSSR count). The molecule has 1 atom stereocenters. The summed E-state index contributed by atoms with van der Waals surface area (Å²) in [4.78, 5) is 36.2. The normalized spacial score (nSPS) is 12.4. The second kappa shape index (κ2) is 9.24. The maximum atomic E-state index is 12.0. The van der Waals surface area contributed by atoms with E-state index in [9.17, 15) is 14.4 Å². The quantitative estimate of drug-likeness (QED) is 0.725. The number of carbonyl (C=O) groups is 3. The second-order valence-corrected chi connectivity index (χ2v) is 9.28. The maximum absolute atomic E-state index is 12.0. The van der Waals surface area contributed by atoms with Crippen LogP contribution in [0.25, 0.3) is 0 Å². The number of hydrogen-bond donors (Lipinski definition) is 1. The molecule has 140 valence electrons. The molecule has 0 radical (unpaired) electrons. The fourth-order valence-corrected chi connectivity index (χ4v) is 3.86. The van der Waals surface area contributed by atoms with Crippen molar-refractivity contribution in [3.63, 3.8) is 0 Å². The van der Waals surface area contributed by atoms with Crippen molar-refractivity contribution in [2.75, 3.05) is 12.4 Å². The molecule has 8 heteroatoms. The Morgan fingerprint density at radius 3 is 2.48 bits per heavy atom. The van der Waals surface area contributed by atoms with E-state index in [1.165, 1.54) is 37.1 Å². The molecule has 25 heavy (non-hydrogen) atoms. The summed E-state index contributed by atoms with van der Waals surface area (Å²) in [6.45, 7) is 8.85. The van der Waals surface area contributed by atoms with Crippen LogP contribution in [0.1, 0.15) is 55.6 Å². The SMILES string of the molecule is COC(=O)c1cc(NC(=O)OC(C)(C)C)c(CCC(C)SC(C)=O)s1. The minimum atomic E-state index is -0.613. The molecule has 0 spiro atoms. The molecule has 0 aromatic carbocycles. The molecule has 1 N–H and O–H groups in total. The molecule has 0 fully saturated rings. The largest absolute Gasteiger partial charge is 0.465 e. The van der Waals surface area contributed by atoms with Gasteiger partial charge in [-0.3, -0.25) is 10.1 Å². The third kappa shape index (κ3) is 7.92. The summed E-state index contributed by atoms with van der Waals surface area (Å²) >= 11 is 2.55. The lowest BCUT2D eigenvalue weighted by molar-refractivity contribution is -0.109. The van der Waals surface area contributed by atoms with Crippen molar-refractivity contribution >= 4 is 46.0 Å². The van der Waals surface area contributed by atoms with Crippen LogP contribution in [-0.4, -0.2) is 35.1 Å². The summed E-state index contributed by atoms with van der Waals surface area (Å²) in [6, 6.07) is 1.60. The number of methoxy groups -OCH3 is 1. The van der Waals surface area contributed by atoms with Gasteiger partial charge in [0, 0.05) is 17.1 Å². The van der Waals surface area contributed by atoms with E-state index in [1.807, 2.05) is 6.92 Å². The van der Waals surface area contributed by atoms with Crippen LogP contribution in [0.4, 0.5) is 10.5 Å². The smallest absolute Gasteiger partial charge is 0.412 e. The van der Waals surface area contributed by atoms with E-state index >= 15 is 0 Å². The number of aryl methyl sites for hydroxylation is 1. The lowest BCUT2D eigenvalue weighted by atomic mass is 10.2. The number of hydrogen-bond acceptors (Lipinski definition) is 7. The first-order valence-corrected chi connectivity index (χ1v) is 9.59. The summed E-state index contributed by atoms with van der Waals surface area (Å²) in [5.74, 6) is -0.449. The monoisotopic (exact) mass is 387 g/mol. The van der Waals surface area contributed by atoms with Crippen LogP contribution < -0.4 is 5.32 Å². The Labute approximate surface area is 156 Å². The fraction of sp³-hybridized carbons (Fsp3) is 0.588. The van der Waals surface area contributed by atoms with Crippen molar-refractivity contribution in [2.45, 2.75) is 58.3 Å². The molecule has 1 aromatic heterocycles. The van der Waals surface area contributed by atoms with Crippen LogP contribution in [0.5, 0.6) is 0 Å². The van der Waals surface area contributed by atoms with Crippen molar-refractivity contribution in [1.29, 1.82) is 0 Å². The average molecular weight is 388 g/mol. The zero-order chi connectivity index (χ0) is 19.2. The van der Waals surface area contributed by atoms with Gasteiger partial charge in [0.15, 0.2) is 5.12 Å². The van der Waals surface area contributed by atoms with Crippen LogP contribution >= 0.6 is 23.1 Å². The first-order valence-electron chi connectivity index (χ1n) is 7.90. The molecule has 1 aromatic rings. The summed E-state index contributed by atoms with van der Waals surface area (Å²) in [5.41, 5.74) is -0.0716. The van der Waals surface area contributed by atoms with E-state index in [0.29, 0.717) is 17.0 Å². The van der Waals surface area contributed by atoms with Crippen LogP contribution in [0, 0.1) is 0 Å². The van der Waals surface area contributed by atoms with Crippen molar-refractivity contribution in [3.05, 3.63) is 15.8 Å². The average Bonchev–Trinajstić information content (AvgIpc) is 2.84. The first-order chi connectivity index (χ1) is 11.5. The standard InChI is InChI=1S/C17H25NO5S2/c1-10(24-11(2)19)7-8-13-12(9-14(25-13)15(20)22-6)18-16(21)23-17(3,4)5/h9-10H,7-8H2,1-6H3,(H,18,21). The van der Waals surface area contributed by atoms with Gasteiger partial charge in [-0.2, -0.15) is 0 Å². The topological polar surface area (TPSA) is 81.7 Å². The number of ether oxygens (including phenoxy) is 2. The van der Waals surface area contributed by atoms with E-state index in [4.69, 9.17) is 9.47 Å². The third-order valence-electron chi connectivity index (χ3n) is 2.98. The van der Waals surface area contributed by atoms with Crippen molar-refractivity contribution in [2.24, 2.45) is 0 Å². The Hall–Kier alpha value is -1.54. The Morgan fingerprint density at radius 1 is 1.32 bits per heavy atom. The molecule has 6 nitrogen and oxygen atoms in total. The summed E-state index contributed by atoms with van der Waals surface area (Å²) in [7, 11) is 1.31. The van der Waals surface area contributed by atoms with Gasteiger partial charge in [-0.1, -0.05) is 18.7 Å². The van der Waals surface area contributed by atoms with Gasteiger partial charge in [0.2, 0.25) is 0 Å². The molecule has 1 unspecified atom stereocenters. The lowest BCUT2D eigenvalue weighted by Crippen LogP contribution is -2.27. The highest BCUT2D eigenvalue weighted by atomic mass is 32.2. The minimum absolute atomic E-state index is 0.0704. The number of thioether (sulfide) groups is 1. The number of anilines is 1. The highest BCUT2D eigenvalue weighted by Gasteiger charge is 2.21. The Balaban J connectivity index is 2.89. The van der Waals surface area contributed by atoms with Crippen LogP contribution in [0.2, 0.25) is 0 Å². The zero-order valence-electron chi connectivity index (χ0n) is 15.4. The van der Waals surface area contributed by atoms with Gasteiger partial charge in [0.1, 0.15) is 10.5 Å². The maximum Gasteiger partial charge on any atom is 0.412 e. The van der Waals surface area contributed by atoms with Gasteiger partial charge in [-0.25, -0.2) is 9.59 Å². The van der Waals surface area contributed by atoms with E-state index < -0.39 is 17.7 Å². The number of thiophene rings is 1. The molecule has 0 bridgehead atoms. The zero-order valence-corrected chi connectivity index (χ0v) is 17.1. The molecular formula is C17H25NO5S2.